The van der Waals surface area contributed by atoms with Crippen molar-refractivity contribution < 1.29 is 9.53 Å². The number of esters is 1. The van der Waals surface area contributed by atoms with Crippen LogP contribution in [0.2, 0.25) is 0 Å². The summed E-state index contributed by atoms with van der Waals surface area (Å²) in [6.07, 6.45) is 1.62. The van der Waals surface area contributed by atoms with Crippen LogP contribution in [0.1, 0.15) is 26.7 Å². The molecule has 1 unspecified atom stereocenters. The average molecular weight is 287 g/mol. The molecule has 0 fully saturated rings. The fourth-order valence-electron chi connectivity index (χ4n) is 1.58. The number of carbonyl (C=O) groups excluding carboxylic acids is 1. The highest BCUT2D eigenvalue weighted by Gasteiger charge is 2.33. The Morgan fingerprint density at radius 2 is 2.32 bits per heavy atom. The number of methoxy groups -OCH3 is 1. The summed E-state index contributed by atoms with van der Waals surface area (Å²) in [7, 11) is 3.20. The molecule has 0 radical (unpaired) electrons. The Hall–Kier alpha value is -1.15. The molecule has 0 saturated carbocycles. The second kappa shape index (κ2) is 7.44. The van der Waals surface area contributed by atoms with E-state index in [0.717, 1.165) is 23.9 Å². The summed E-state index contributed by atoms with van der Waals surface area (Å²) in [6.45, 7) is 4.70. The standard InChI is InChI=1S/C11H21N5O2S/c1-5-7-12-11(2,9(17)18-4)6-8-19-10-13-14-15-16(10)3/h12H,5-8H2,1-4H3. The van der Waals surface area contributed by atoms with Crippen molar-refractivity contribution >= 4 is 17.7 Å². The van der Waals surface area contributed by atoms with Crippen LogP contribution in [-0.2, 0) is 16.6 Å². The van der Waals surface area contributed by atoms with Gasteiger partial charge in [-0.1, -0.05) is 18.7 Å². The predicted molar refractivity (Wildman–Crippen MR) is 72.9 cm³/mol. The molecule has 1 aromatic rings. The van der Waals surface area contributed by atoms with E-state index in [1.165, 1.54) is 18.9 Å². The fourth-order valence-corrected chi connectivity index (χ4v) is 2.59. The summed E-state index contributed by atoms with van der Waals surface area (Å²) >= 11 is 1.52. The van der Waals surface area contributed by atoms with E-state index in [1.807, 2.05) is 6.92 Å². The van der Waals surface area contributed by atoms with E-state index >= 15 is 0 Å². The molecule has 0 aliphatic carbocycles. The number of nitrogens with zero attached hydrogens (tertiary/aromatic N) is 4. The zero-order valence-corrected chi connectivity index (χ0v) is 12.7. The minimum Gasteiger partial charge on any atom is -0.468 e. The molecule has 19 heavy (non-hydrogen) atoms. The van der Waals surface area contributed by atoms with Crippen LogP contribution in [0.5, 0.6) is 0 Å². The number of ether oxygens (including phenoxy) is 1. The smallest absolute Gasteiger partial charge is 0.325 e. The first-order chi connectivity index (χ1) is 9.03. The topological polar surface area (TPSA) is 81.9 Å². The van der Waals surface area contributed by atoms with Crippen LogP contribution >= 0.6 is 11.8 Å². The van der Waals surface area contributed by atoms with Crippen molar-refractivity contribution in [3.05, 3.63) is 0 Å². The van der Waals surface area contributed by atoms with Gasteiger partial charge in [0.1, 0.15) is 5.54 Å². The average Bonchev–Trinajstić information content (AvgIpc) is 2.81. The molecule has 7 nitrogen and oxygen atoms in total. The minimum atomic E-state index is -0.663. The third-order valence-electron chi connectivity index (χ3n) is 2.82. The zero-order chi connectivity index (χ0) is 14.3. The molecule has 0 aromatic carbocycles. The fraction of sp³-hybridized carbons (Fsp3) is 0.818. The van der Waals surface area contributed by atoms with E-state index in [9.17, 15) is 4.79 Å². The first-order valence-corrected chi connectivity index (χ1v) is 7.20. The predicted octanol–water partition coefficient (Wildman–Crippen LogP) is 0.624. The molecule has 0 spiro atoms. The van der Waals surface area contributed by atoms with E-state index in [2.05, 4.69) is 27.8 Å². The van der Waals surface area contributed by atoms with E-state index in [4.69, 9.17) is 4.74 Å². The summed E-state index contributed by atoms with van der Waals surface area (Å²) in [4.78, 5) is 11.9. The number of aryl methyl sites for hydroxylation is 1. The van der Waals surface area contributed by atoms with E-state index in [0.29, 0.717) is 6.42 Å². The van der Waals surface area contributed by atoms with Gasteiger partial charge >= 0.3 is 5.97 Å². The summed E-state index contributed by atoms with van der Waals surface area (Å²) in [5.74, 6) is 0.494. The highest BCUT2D eigenvalue weighted by Crippen LogP contribution is 2.20. The van der Waals surface area contributed by atoms with Gasteiger partial charge in [0, 0.05) is 12.8 Å². The van der Waals surface area contributed by atoms with Gasteiger partial charge in [0.05, 0.1) is 7.11 Å². The minimum absolute atomic E-state index is 0.238. The SMILES string of the molecule is CCCNC(C)(CCSc1nnnn1C)C(=O)OC. The lowest BCUT2D eigenvalue weighted by molar-refractivity contribution is -0.148. The van der Waals surface area contributed by atoms with Crippen LogP contribution in [0.3, 0.4) is 0 Å². The molecular formula is C11H21N5O2S. The van der Waals surface area contributed by atoms with Gasteiger partial charge in [-0.05, 0) is 36.7 Å². The summed E-state index contributed by atoms with van der Waals surface area (Å²) < 4.78 is 6.48. The maximum Gasteiger partial charge on any atom is 0.325 e. The van der Waals surface area contributed by atoms with Gasteiger partial charge in [0.15, 0.2) is 0 Å². The van der Waals surface area contributed by atoms with Crippen LogP contribution in [0.25, 0.3) is 0 Å². The van der Waals surface area contributed by atoms with Crippen molar-refractivity contribution in [2.75, 3.05) is 19.4 Å². The monoisotopic (exact) mass is 287 g/mol. The molecule has 8 heteroatoms. The second-order valence-electron chi connectivity index (χ2n) is 4.43. The first kappa shape index (κ1) is 15.9. The molecule has 0 amide bonds. The number of hydrogen-bond acceptors (Lipinski definition) is 7. The van der Waals surface area contributed by atoms with Crippen LogP contribution in [0.4, 0.5) is 0 Å². The van der Waals surface area contributed by atoms with E-state index in [-0.39, 0.29) is 5.97 Å². The molecule has 1 rings (SSSR count). The highest BCUT2D eigenvalue weighted by atomic mass is 32.2. The summed E-state index contributed by atoms with van der Waals surface area (Å²) in [6, 6.07) is 0. The van der Waals surface area contributed by atoms with Gasteiger partial charge < -0.3 is 10.1 Å². The molecule has 1 aromatic heterocycles. The maximum absolute atomic E-state index is 11.9. The quantitative estimate of drug-likeness (QED) is 0.554. The number of thioether (sulfide) groups is 1. The normalized spacial score (nSPS) is 14.1. The largest absolute Gasteiger partial charge is 0.468 e. The second-order valence-corrected chi connectivity index (χ2v) is 5.50. The number of aromatic nitrogens is 4. The number of tetrazole rings is 1. The summed E-state index contributed by atoms with van der Waals surface area (Å²) in [5.41, 5.74) is -0.663. The lowest BCUT2D eigenvalue weighted by Gasteiger charge is -2.27. The Labute approximate surface area is 117 Å². The van der Waals surface area contributed by atoms with Crippen molar-refractivity contribution in [3.63, 3.8) is 0 Å². The Balaban J connectivity index is 2.53. The third kappa shape index (κ3) is 4.46. The molecule has 0 aliphatic rings. The number of hydrogen-bond donors (Lipinski definition) is 1. The van der Waals surface area contributed by atoms with Crippen LogP contribution in [-0.4, -0.2) is 51.1 Å². The Kier molecular flexibility index (Phi) is 6.23. The van der Waals surface area contributed by atoms with Gasteiger partial charge in [-0.2, -0.15) is 0 Å². The van der Waals surface area contributed by atoms with Crippen molar-refractivity contribution in [1.82, 2.24) is 25.5 Å². The zero-order valence-electron chi connectivity index (χ0n) is 11.8. The van der Waals surface area contributed by atoms with Crippen LogP contribution in [0.15, 0.2) is 5.16 Å². The molecule has 0 aliphatic heterocycles. The van der Waals surface area contributed by atoms with Crippen LogP contribution < -0.4 is 5.32 Å². The first-order valence-electron chi connectivity index (χ1n) is 6.22. The Bertz CT molecular complexity index is 412. The number of carbonyl (C=O) groups is 1. The highest BCUT2D eigenvalue weighted by molar-refractivity contribution is 7.99. The third-order valence-corrected chi connectivity index (χ3v) is 3.83. The van der Waals surface area contributed by atoms with Gasteiger partial charge in [-0.25, -0.2) is 4.68 Å². The molecule has 1 atom stereocenters. The van der Waals surface area contributed by atoms with E-state index in [1.54, 1.807) is 11.7 Å². The van der Waals surface area contributed by atoms with Gasteiger partial charge in [0.2, 0.25) is 5.16 Å². The molecule has 0 bridgehead atoms. The molecule has 108 valence electrons. The number of nitrogens with one attached hydrogen (secondary N) is 1. The molecule has 1 heterocycles. The number of rotatable bonds is 8. The summed E-state index contributed by atoms with van der Waals surface area (Å²) in [5, 5.41) is 15.2. The van der Waals surface area contributed by atoms with Crippen molar-refractivity contribution in [1.29, 1.82) is 0 Å². The van der Waals surface area contributed by atoms with Crippen molar-refractivity contribution in [2.45, 2.75) is 37.4 Å². The maximum atomic E-state index is 11.9. The van der Waals surface area contributed by atoms with Crippen molar-refractivity contribution in [2.24, 2.45) is 7.05 Å². The van der Waals surface area contributed by atoms with Gasteiger partial charge in [-0.3, -0.25) is 4.79 Å². The molecular weight excluding hydrogens is 266 g/mol. The lowest BCUT2D eigenvalue weighted by Crippen LogP contribution is -2.50. The Morgan fingerprint density at radius 3 is 2.84 bits per heavy atom. The van der Waals surface area contributed by atoms with Crippen molar-refractivity contribution in [3.8, 4) is 0 Å². The van der Waals surface area contributed by atoms with Gasteiger partial charge in [0.25, 0.3) is 0 Å². The van der Waals surface area contributed by atoms with E-state index < -0.39 is 5.54 Å². The molecule has 1 N–H and O–H groups in total. The molecule has 0 saturated heterocycles. The van der Waals surface area contributed by atoms with Crippen LogP contribution in [0, 0.1) is 0 Å². The Morgan fingerprint density at radius 1 is 1.58 bits per heavy atom. The van der Waals surface area contributed by atoms with Gasteiger partial charge in [-0.15, -0.1) is 5.10 Å². The lowest BCUT2D eigenvalue weighted by atomic mass is 9.99.